The summed E-state index contributed by atoms with van der Waals surface area (Å²) in [7, 11) is 3.10. The zero-order valence-corrected chi connectivity index (χ0v) is 13.0. The van der Waals surface area contributed by atoms with Gasteiger partial charge >= 0.3 is 0 Å². The van der Waals surface area contributed by atoms with Crippen molar-refractivity contribution in [2.75, 3.05) is 25.8 Å². The van der Waals surface area contributed by atoms with E-state index in [2.05, 4.69) is 5.32 Å². The predicted octanol–water partition coefficient (Wildman–Crippen LogP) is 3.68. The van der Waals surface area contributed by atoms with Gasteiger partial charge in [0.25, 0.3) is 5.91 Å². The molecule has 21 heavy (non-hydrogen) atoms. The molecule has 2 aromatic carbocycles. The van der Waals surface area contributed by atoms with E-state index in [9.17, 15) is 4.79 Å². The van der Waals surface area contributed by atoms with E-state index in [-0.39, 0.29) is 5.91 Å². The first-order chi connectivity index (χ1) is 10.2. The Balaban J connectivity index is 2.15. The molecule has 0 aliphatic rings. The van der Waals surface area contributed by atoms with Gasteiger partial charge in [-0.1, -0.05) is 0 Å². The van der Waals surface area contributed by atoms with E-state index >= 15 is 0 Å². The number of thioether (sulfide) groups is 1. The van der Waals surface area contributed by atoms with Crippen molar-refractivity contribution in [3.8, 4) is 11.5 Å². The smallest absolute Gasteiger partial charge is 0.255 e. The first-order valence-corrected chi connectivity index (χ1v) is 7.58. The number of benzene rings is 2. The highest BCUT2D eigenvalue weighted by Gasteiger charge is 2.10. The standard InChI is InChI=1S/C16H17NO3S/c1-19-14-9-4-11(10-15(14)20-2)16(18)17-12-5-7-13(21-3)8-6-12/h4-10H,1-3H3,(H,17,18). The molecule has 0 aromatic heterocycles. The van der Waals surface area contributed by atoms with E-state index in [1.165, 1.54) is 0 Å². The number of hydrogen-bond donors (Lipinski definition) is 1. The van der Waals surface area contributed by atoms with Crippen molar-refractivity contribution in [2.45, 2.75) is 4.90 Å². The van der Waals surface area contributed by atoms with E-state index in [0.29, 0.717) is 17.1 Å². The van der Waals surface area contributed by atoms with E-state index in [1.807, 2.05) is 30.5 Å². The van der Waals surface area contributed by atoms with Crippen molar-refractivity contribution in [2.24, 2.45) is 0 Å². The summed E-state index contributed by atoms with van der Waals surface area (Å²) in [5, 5.41) is 2.85. The van der Waals surface area contributed by atoms with Crippen molar-refractivity contribution >= 4 is 23.4 Å². The Morgan fingerprint density at radius 3 is 2.24 bits per heavy atom. The van der Waals surface area contributed by atoms with Gasteiger partial charge in [-0.3, -0.25) is 4.79 Å². The molecule has 1 amide bonds. The average molecular weight is 303 g/mol. The molecule has 0 spiro atoms. The van der Waals surface area contributed by atoms with Crippen LogP contribution in [0.1, 0.15) is 10.4 Å². The summed E-state index contributed by atoms with van der Waals surface area (Å²) in [6.45, 7) is 0. The highest BCUT2D eigenvalue weighted by atomic mass is 32.2. The molecule has 0 saturated carbocycles. The number of ether oxygens (including phenoxy) is 2. The van der Waals surface area contributed by atoms with Gasteiger partial charge in [0, 0.05) is 16.1 Å². The number of hydrogen-bond acceptors (Lipinski definition) is 4. The molecular formula is C16H17NO3S. The van der Waals surface area contributed by atoms with Gasteiger partial charge in [-0.2, -0.15) is 0 Å². The van der Waals surface area contributed by atoms with Crippen LogP contribution in [0.5, 0.6) is 11.5 Å². The monoisotopic (exact) mass is 303 g/mol. The molecule has 0 aliphatic carbocycles. The molecular weight excluding hydrogens is 286 g/mol. The Bertz CT molecular complexity index is 626. The topological polar surface area (TPSA) is 47.6 Å². The molecule has 0 aliphatic heterocycles. The first kappa shape index (κ1) is 15.3. The minimum atomic E-state index is -0.187. The second-order valence-electron chi connectivity index (χ2n) is 4.25. The Hall–Kier alpha value is -2.14. The van der Waals surface area contributed by atoms with Crippen LogP contribution in [0.25, 0.3) is 0 Å². The van der Waals surface area contributed by atoms with Gasteiger partial charge in [-0.15, -0.1) is 11.8 Å². The minimum absolute atomic E-state index is 0.187. The van der Waals surface area contributed by atoms with Crippen molar-refractivity contribution in [1.29, 1.82) is 0 Å². The molecule has 0 saturated heterocycles. The van der Waals surface area contributed by atoms with Crippen LogP contribution in [0.15, 0.2) is 47.4 Å². The Labute approximate surface area is 128 Å². The summed E-state index contributed by atoms with van der Waals surface area (Å²) in [5.41, 5.74) is 1.27. The van der Waals surface area contributed by atoms with Gasteiger partial charge in [-0.05, 0) is 48.7 Å². The molecule has 5 heteroatoms. The molecule has 2 aromatic rings. The molecule has 0 bridgehead atoms. The van der Waals surface area contributed by atoms with Gasteiger partial charge in [0.05, 0.1) is 14.2 Å². The third kappa shape index (κ3) is 3.70. The van der Waals surface area contributed by atoms with E-state index < -0.39 is 0 Å². The predicted molar refractivity (Wildman–Crippen MR) is 85.7 cm³/mol. The fourth-order valence-corrected chi connectivity index (χ4v) is 2.26. The Morgan fingerprint density at radius 1 is 1.00 bits per heavy atom. The number of methoxy groups -OCH3 is 2. The first-order valence-electron chi connectivity index (χ1n) is 6.35. The maximum absolute atomic E-state index is 12.2. The van der Waals surface area contributed by atoms with Crippen molar-refractivity contribution in [3.63, 3.8) is 0 Å². The van der Waals surface area contributed by atoms with Crippen LogP contribution in [-0.4, -0.2) is 26.4 Å². The lowest BCUT2D eigenvalue weighted by Gasteiger charge is -2.10. The zero-order chi connectivity index (χ0) is 15.2. The second-order valence-corrected chi connectivity index (χ2v) is 5.13. The van der Waals surface area contributed by atoms with Crippen LogP contribution < -0.4 is 14.8 Å². The number of rotatable bonds is 5. The van der Waals surface area contributed by atoms with E-state index in [0.717, 1.165) is 10.6 Å². The largest absolute Gasteiger partial charge is 0.493 e. The van der Waals surface area contributed by atoms with E-state index in [4.69, 9.17) is 9.47 Å². The molecule has 0 atom stereocenters. The Kier molecular flexibility index (Phi) is 5.11. The fraction of sp³-hybridized carbons (Fsp3) is 0.188. The second kappa shape index (κ2) is 7.04. The van der Waals surface area contributed by atoms with Gasteiger partial charge < -0.3 is 14.8 Å². The van der Waals surface area contributed by atoms with Gasteiger partial charge in [0.1, 0.15) is 0 Å². The van der Waals surface area contributed by atoms with Gasteiger partial charge in [-0.25, -0.2) is 0 Å². The highest BCUT2D eigenvalue weighted by molar-refractivity contribution is 7.98. The maximum Gasteiger partial charge on any atom is 0.255 e. The summed E-state index contributed by atoms with van der Waals surface area (Å²) in [5.74, 6) is 0.939. The average Bonchev–Trinajstić information content (AvgIpc) is 2.54. The number of carbonyl (C=O) groups is 1. The summed E-state index contributed by atoms with van der Waals surface area (Å²) < 4.78 is 10.4. The highest BCUT2D eigenvalue weighted by Crippen LogP contribution is 2.28. The Morgan fingerprint density at radius 2 is 1.67 bits per heavy atom. The van der Waals surface area contributed by atoms with E-state index in [1.54, 1.807) is 44.2 Å². The summed E-state index contributed by atoms with van der Waals surface area (Å²) >= 11 is 1.66. The quantitative estimate of drug-likeness (QED) is 0.856. The molecule has 0 fully saturated rings. The normalized spacial score (nSPS) is 10.0. The van der Waals surface area contributed by atoms with Crippen molar-refractivity contribution < 1.29 is 14.3 Å². The van der Waals surface area contributed by atoms with Crippen LogP contribution in [0, 0.1) is 0 Å². The number of carbonyl (C=O) groups excluding carboxylic acids is 1. The number of anilines is 1. The molecule has 4 nitrogen and oxygen atoms in total. The number of amides is 1. The number of nitrogens with one attached hydrogen (secondary N) is 1. The molecule has 0 heterocycles. The van der Waals surface area contributed by atoms with Gasteiger partial charge in [0.2, 0.25) is 0 Å². The van der Waals surface area contributed by atoms with Crippen molar-refractivity contribution in [1.82, 2.24) is 0 Å². The lowest BCUT2D eigenvalue weighted by molar-refractivity contribution is 0.102. The fourth-order valence-electron chi connectivity index (χ4n) is 1.86. The van der Waals surface area contributed by atoms with Crippen LogP contribution in [0.4, 0.5) is 5.69 Å². The third-order valence-electron chi connectivity index (χ3n) is 2.99. The third-order valence-corrected chi connectivity index (χ3v) is 3.74. The molecule has 2 rings (SSSR count). The molecule has 0 radical (unpaired) electrons. The minimum Gasteiger partial charge on any atom is -0.493 e. The SMILES string of the molecule is COc1ccc(C(=O)Nc2ccc(SC)cc2)cc1OC. The summed E-state index contributed by atoms with van der Waals surface area (Å²) in [4.78, 5) is 13.4. The lowest BCUT2D eigenvalue weighted by atomic mass is 10.2. The lowest BCUT2D eigenvalue weighted by Crippen LogP contribution is -2.12. The van der Waals surface area contributed by atoms with Crippen LogP contribution in [0.2, 0.25) is 0 Å². The van der Waals surface area contributed by atoms with Crippen LogP contribution in [0.3, 0.4) is 0 Å². The molecule has 0 unspecified atom stereocenters. The van der Waals surface area contributed by atoms with Crippen molar-refractivity contribution in [3.05, 3.63) is 48.0 Å². The van der Waals surface area contributed by atoms with Gasteiger partial charge in [0.15, 0.2) is 11.5 Å². The summed E-state index contributed by atoms with van der Waals surface area (Å²) in [6, 6.07) is 12.8. The molecule has 110 valence electrons. The molecule has 1 N–H and O–H groups in total. The van der Waals surface area contributed by atoms with Crippen LogP contribution >= 0.6 is 11.8 Å². The summed E-state index contributed by atoms with van der Waals surface area (Å²) in [6.07, 6.45) is 2.01. The zero-order valence-electron chi connectivity index (χ0n) is 12.2. The maximum atomic E-state index is 12.2. The van der Waals surface area contributed by atoms with Crippen LogP contribution in [-0.2, 0) is 0 Å².